The molecule has 2 amide bonds. The molecule has 2 fully saturated rings. The van der Waals surface area contributed by atoms with Gasteiger partial charge in [0.1, 0.15) is 0 Å². The van der Waals surface area contributed by atoms with Crippen LogP contribution in [0.25, 0.3) is 0 Å². The number of carbonyl (C=O) groups excluding carboxylic acids is 3. The van der Waals surface area contributed by atoms with E-state index >= 15 is 0 Å². The highest BCUT2D eigenvalue weighted by Crippen LogP contribution is 2.42. The second kappa shape index (κ2) is 5.26. The van der Waals surface area contributed by atoms with Crippen molar-refractivity contribution >= 4 is 29.2 Å². The molecular weight excluding hydrogens is 290 g/mol. The zero-order valence-corrected chi connectivity index (χ0v) is 12.5. The third-order valence-electron chi connectivity index (χ3n) is 4.44. The fraction of sp³-hybridized carbons (Fsp3) is 0.438. The van der Waals surface area contributed by atoms with Gasteiger partial charge in [-0.1, -0.05) is 30.7 Å². The summed E-state index contributed by atoms with van der Waals surface area (Å²) in [6.45, 7) is 1.85. The predicted molar refractivity (Wildman–Crippen MR) is 77.9 cm³/mol. The second-order valence-corrected chi connectivity index (χ2v) is 6.36. The van der Waals surface area contributed by atoms with E-state index in [4.69, 9.17) is 11.6 Å². The maximum atomic E-state index is 12.3. The number of likely N-dealkylation sites (tertiary alicyclic amines) is 1. The van der Waals surface area contributed by atoms with Gasteiger partial charge in [0.05, 0.1) is 23.4 Å². The van der Waals surface area contributed by atoms with Gasteiger partial charge in [-0.05, 0) is 30.9 Å². The first-order chi connectivity index (χ1) is 9.99. The Bertz CT molecular complexity index is 604. The number of benzene rings is 1. The molecule has 0 N–H and O–H groups in total. The van der Waals surface area contributed by atoms with Crippen molar-refractivity contribution in [2.75, 3.05) is 6.54 Å². The highest BCUT2D eigenvalue weighted by Gasteiger charge is 2.51. The first-order valence-electron chi connectivity index (χ1n) is 7.12. The van der Waals surface area contributed by atoms with Crippen molar-refractivity contribution in [3.05, 3.63) is 34.9 Å². The van der Waals surface area contributed by atoms with Gasteiger partial charge in [-0.25, -0.2) is 0 Å². The largest absolute Gasteiger partial charge is 0.292 e. The average Bonchev–Trinajstić information content (AvgIpc) is 2.93. The van der Waals surface area contributed by atoms with Gasteiger partial charge < -0.3 is 0 Å². The van der Waals surface area contributed by atoms with Crippen LogP contribution in [-0.4, -0.2) is 29.0 Å². The molecule has 1 saturated carbocycles. The van der Waals surface area contributed by atoms with Crippen LogP contribution in [-0.2, 0) is 9.59 Å². The van der Waals surface area contributed by atoms with E-state index in [2.05, 4.69) is 6.92 Å². The summed E-state index contributed by atoms with van der Waals surface area (Å²) in [6.07, 6.45) is 1.48. The van der Waals surface area contributed by atoms with Crippen molar-refractivity contribution in [2.24, 2.45) is 17.8 Å². The summed E-state index contributed by atoms with van der Waals surface area (Å²) >= 11 is 5.98. The minimum atomic E-state index is -0.296. The number of imide groups is 1. The van der Waals surface area contributed by atoms with E-state index in [0.717, 1.165) is 17.7 Å². The quantitative estimate of drug-likeness (QED) is 0.637. The van der Waals surface area contributed by atoms with Gasteiger partial charge in [-0.2, -0.15) is 0 Å². The third kappa shape index (κ3) is 2.38. The van der Waals surface area contributed by atoms with Gasteiger partial charge in [0, 0.05) is 5.56 Å². The molecule has 0 aromatic heterocycles. The molecule has 1 aromatic rings. The predicted octanol–water partition coefficient (Wildman–Crippen LogP) is 2.55. The molecule has 0 radical (unpaired) electrons. The number of halogens is 1. The summed E-state index contributed by atoms with van der Waals surface area (Å²) in [7, 11) is 0. The number of Topliss-reactive ketones (excluding diaryl/α,β-unsaturated/α-hetero) is 1. The Balaban J connectivity index is 1.77. The van der Waals surface area contributed by atoms with Gasteiger partial charge in [0.15, 0.2) is 5.78 Å². The normalized spacial score (nSPS) is 28.1. The first kappa shape index (κ1) is 14.3. The average molecular weight is 306 g/mol. The SMILES string of the molecule is CC1CC2C(=O)N(CC(=O)c3ccccc3Cl)C(=O)C2C1. The van der Waals surface area contributed by atoms with Crippen molar-refractivity contribution in [1.29, 1.82) is 0 Å². The lowest BCUT2D eigenvalue weighted by atomic mass is 10.00. The minimum absolute atomic E-state index is 0.199. The van der Waals surface area contributed by atoms with E-state index in [1.165, 1.54) is 0 Å². The van der Waals surface area contributed by atoms with E-state index in [1.54, 1.807) is 24.3 Å². The molecule has 0 spiro atoms. The topological polar surface area (TPSA) is 54.5 Å². The number of amides is 2. The number of hydrogen-bond donors (Lipinski definition) is 0. The lowest BCUT2D eigenvalue weighted by Crippen LogP contribution is -2.36. The van der Waals surface area contributed by atoms with Crippen LogP contribution in [0.5, 0.6) is 0 Å². The summed E-state index contributed by atoms with van der Waals surface area (Å²) in [4.78, 5) is 38.0. The van der Waals surface area contributed by atoms with E-state index < -0.39 is 0 Å². The van der Waals surface area contributed by atoms with Gasteiger partial charge in [0.2, 0.25) is 11.8 Å². The van der Waals surface area contributed by atoms with Gasteiger partial charge in [-0.15, -0.1) is 0 Å². The van der Waals surface area contributed by atoms with Crippen LogP contribution in [0.3, 0.4) is 0 Å². The van der Waals surface area contributed by atoms with Crippen LogP contribution in [0.15, 0.2) is 24.3 Å². The summed E-state index contributed by atoms with van der Waals surface area (Å²) < 4.78 is 0. The number of nitrogens with zero attached hydrogens (tertiary/aromatic N) is 1. The maximum absolute atomic E-state index is 12.3. The number of hydrogen-bond acceptors (Lipinski definition) is 3. The monoisotopic (exact) mass is 305 g/mol. The van der Waals surface area contributed by atoms with E-state index in [1.807, 2.05) is 0 Å². The third-order valence-corrected chi connectivity index (χ3v) is 4.77. The Hall–Kier alpha value is -1.68. The molecule has 21 heavy (non-hydrogen) atoms. The molecule has 1 aliphatic heterocycles. The summed E-state index contributed by atoms with van der Waals surface area (Å²) in [5.41, 5.74) is 0.352. The molecular formula is C16H16ClNO3. The van der Waals surface area contributed by atoms with Crippen molar-refractivity contribution in [3.8, 4) is 0 Å². The van der Waals surface area contributed by atoms with Crippen LogP contribution in [0.4, 0.5) is 0 Å². The molecule has 3 rings (SSSR count). The summed E-state index contributed by atoms with van der Waals surface area (Å²) in [5, 5.41) is 0.343. The molecule has 1 aromatic carbocycles. The number of ketones is 1. The highest BCUT2D eigenvalue weighted by molar-refractivity contribution is 6.34. The molecule has 2 aliphatic rings. The van der Waals surface area contributed by atoms with Crippen LogP contribution in [0.2, 0.25) is 5.02 Å². The molecule has 4 nitrogen and oxygen atoms in total. The van der Waals surface area contributed by atoms with Gasteiger partial charge in [-0.3, -0.25) is 19.3 Å². The molecule has 5 heteroatoms. The fourth-order valence-electron chi connectivity index (χ4n) is 3.42. The molecule has 1 heterocycles. The molecule has 110 valence electrons. The van der Waals surface area contributed by atoms with Gasteiger partial charge in [0.25, 0.3) is 0 Å². The molecule has 2 atom stereocenters. The number of fused-ring (bicyclic) bond motifs is 1. The van der Waals surface area contributed by atoms with E-state index in [9.17, 15) is 14.4 Å². The van der Waals surface area contributed by atoms with Crippen LogP contribution in [0.1, 0.15) is 30.1 Å². The molecule has 0 bridgehead atoms. The lowest BCUT2D eigenvalue weighted by Gasteiger charge is -2.16. The van der Waals surface area contributed by atoms with E-state index in [0.29, 0.717) is 16.5 Å². The van der Waals surface area contributed by atoms with Crippen LogP contribution in [0, 0.1) is 17.8 Å². The number of carbonyl (C=O) groups is 3. The Kier molecular flexibility index (Phi) is 3.57. The van der Waals surface area contributed by atoms with Crippen LogP contribution < -0.4 is 0 Å². The zero-order valence-electron chi connectivity index (χ0n) is 11.7. The van der Waals surface area contributed by atoms with Crippen molar-refractivity contribution in [2.45, 2.75) is 19.8 Å². The van der Waals surface area contributed by atoms with Crippen molar-refractivity contribution in [3.63, 3.8) is 0 Å². The van der Waals surface area contributed by atoms with Crippen molar-refractivity contribution in [1.82, 2.24) is 4.90 Å². The van der Waals surface area contributed by atoms with Gasteiger partial charge >= 0.3 is 0 Å². The standard InChI is InChI=1S/C16H16ClNO3/c1-9-6-11-12(7-9)16(21)18(15(11)20)8-14(19)10-4-2-3-5-13(10)17/h2-5,9,11-12H,6-8H2,1H3. The Morgan fingerprint density at radius 1 is 1.19 bits per heavy atom. The summed E-state index contributed by atoms with van der Waals surface area (Å²) in [5.74, 6) is -0.757. The molecule has 1 saturated heterocycles. The first-order valence-corrected chi connectivity index (χ1v) is 7.49. The van der Waals surface area contributed by atoms with Crippen LogP contribution >= 0.6 is 11.6 Å². The molecule has 1 aliphatic carbocycles. The Labute approximate surface area is 128 Å². The number of rotatable bonds is 3. The van der Waals surface area contributed by atoms with E-state index in [-0.39, 0.29) is 36.0 Å². The minimum Gasteiger partial charge on any atom is -0.292 e. The Morgan fingerprint density at radius 2 is 1.76 bits per heavy atom. The summed E-state index contributed by atoms with van der Waals surface area (Å²) in [6, 6.07) is 6.68. The molecule has 2 unspecified atom stereocenters. The Morgan fingerprint density at radius 3 is 2.33 bits per heavy atom. The lowest BCUT2D eigenvalue weighted by molar-refractivity contribution is -0.139. The maximum Gasteiger partial charge on any atom is 0.233 e. The van der Waals surface area contributed by atoms with Crippen molar-refractivity contribution < 1.29 is 14.4 Å². The smallest absolute Gasteiger partial charge is 0.233 e. The fourth-order valence-corrected chi connectivity index (χ4v) is 3.66. The highest BCUT2D eigenvalue weighted by atomic mass is 35.5. The zero-order chi connectivity index (χ0) is 15.1. The second-order valence-electron chi connectivity index (χ2n) is 5.96.